The van der Waals surface area contributed by atoms with Gasteiger partial charge in [0.15, 0.2) is 0 Å². The van der Waals surface area contributed by atoms with Gasteiger partial charge in [-0.1, -0.05) is 30.7 Å². The Labute approximate surface area is 129 Å². The molecule has 1 fully saturated rings. The molecule has 110 valence electrons. The molecule has 0 aromatic heterocycles. The van der Waals surface area contributed by atoms with Gasteiger partial charge < -0.3 is 11.1 Å². The van der Waals surface area contributed by atoms with Crippen molar-refractivity contribution in [3.63, 3.8) is 0 Å². The molecule has 0 spiro atoms. The van der Waals surface area contributed by atoms with Crippen molar-refractivity contribution in [1.82, 2.24) is 5.32 Å². The van der Waals surface area contributed by atoms with Gasteiger partial charge in [-0.05, 0) is 43.0 Å². The number of hydrogen-bond donors (Lipinski definition) is 2. The first-order valence-electron chi connectivity index (χ1n) is 6.95. The van der Waals surface area contributed by atoms with E-state index in [4.69, 9.17) is 17.3 Å². The van der Waals surface area contributed by atoms with E-state index < -0.39 is 5.54 Å². The molecule has 0 aliphatic heterocycles. The van der Waals surface area contributed by atoms with Crippen molar-refractivity contribution in [2.24, 2.45) is 11.7 Å². The van der Waals surface area contributed by atoms with Gasteiger partial charge in [-0.25, -0.2) is 0 Å². The molecule has 1 aliphatic rings. The predicted molar refractivity (Wildman–Crippen MR) is 85.9 cm³/mol. The summed E-state index contributed by atoms with van der Waals surface area (Å²) in [6.07, 6.45) is 2.19. The highest BCUT2D eigenvalue weighted by atomic mass is 35.5. The maximum atomic E-state index is 11.9. The number of nitrogens with two attached hydrogens (primary N) is 1. The molecule has 1 aliphatic carbocycles. The first kappa shape index (κ1) is 15.7. The molecule has 5 heteroatoms. The second-order valence-electron chi connectivity index (χ2n) is 5.26. The van der Waals surface area contributed by atoms with Crippen molar-refractivity contribution < 1.29 is 4.79 Å². The third-order valence-electron chi connectivity index (χ3n) is 3.72. The number of halogens is 1. The molecule has 1 aromatic carbocycles. The van der Waals surface area contributed by atoms with Crippen LogP contribution in [0.15, 0.2) is 24.3 Å². The molecule has 1 aromatic rings. The fourth-order valence-corrected chi connectivity index (χ4v) is 3.93. The molecule has 0 heterocycles. The molecule has 1 unspecified atom stereocenters. The molecule has 0 saturated heterocycles. The SMILES string of the molecule is CCNC(CSCc1ccc(Cl)cc1)(C(N)=O)C1CC1. The molecule has 2 rings (SSSR count). The molecule has 3 N–H and O–H groups in total. The number of primary amides is 1. The highest BCUT2D eigenvalue weighted by Gasteiger charge is 2.49. The van der Waals surface area contributed by atoms with Crippen molar-refractivity contribution in [2.75, 3.05) is 12.3 Å². The summed E-state index contributed by atoms with van der Waals surface area (Å²) < 4.78 is 0. The number of nitrogens with one attached hydrogen (secondary N) is 1. The van der Waals surface area contributed by atoms with Gasteiger partial charge in [-0.2, -0.15) is 11.8 Å². The molecule has 1 saturated carbocycles. The average molecular weight is 313 g/mol. The number of carbonyl (C=O) groups excluding carboxylic acids is 1. The van der Waals surface area contributed by atoms with E-state index in [2.05, 4.69) is 5.32 Å². The fraction of sp³-hybridized carbons (Fsp3) is 0.533. The van der Waals surface area contributed by atoms with E-state index in [-0.39, 0.29) is 5.91 Å². The number of thioether (sulfide) groups is 1. The first-order valence-corrected chi connectivity index (χ1v) is 8.49. The van der Waals surface area contributed by atoms with Gasteiger partial charge in [-0.15, -0.1) is 0 Å². The van der Waals surface area contributed by atoms with Crippen LogP contribution < -0.4 is 11.1 Å². The van der Waals surface area contributed by atoms with Crippen LogP contribution in [0.2, 0.25) is 5.02 Å². The summed E-state index contributed by atoms with van der Waals surface area (Å²) in [5, 5.41) is 4.08. The largest absolute Gasteiger partial charge is 0.368 e. The quantitative estimate of drug-likeness (QED) is 0.776. The third kappa shape index (κ3) is 3.68. The Bertz CT molecular complexity index is 461. The van der Waals surface area contributed by atoms with Crippen molar-refractivity contribution in [3.8, 4) is 0 Å². The summed E-state index contributed by atoms with van der Waals surface area (Å²) in [7, 11) is 0. The average Bonchev–Trinajstić information content (AvgIpc) is 3.24. The van der Waals surface area contributed by atoms with Crippen LogP contribution >= 0.6 is 23.4 Å². The standard InChI is InChI=1S/C15H21ClN2OS/c1-2-18-15(14(17)19,12-5-6-12)10-20-9-11-3-7-13(16)8-4-11/h3-4,7-8,12,18H,2,5-6,9-10H2,1H3,(H2,17,19). The summed E-state index contributed by atoms with van der Waals surface area (Å²) in [5.41, 5.74) is 6.34. The second kappa shape index (κ2) is 6.83. The van der Waals surface area contributed by atoms with Crippen molar-refractivity contribution >= 4 is 29.3 Å². The van der Waals surface area contributed by atoms with Gasteiger partial charge in [0.25, 0.3) is 0 Å². The maximum absolute atomic E-state index is 11.9. The summed E-state index contributed by atoms with van der Waals surface area (Å²) in [5.74, 6) is 1.77. The van der Waals surface area contributed by atoms with E-state index >= 15 is 0 Å². The van der Waals surface area contributed by atoms with Gasteiger partial charge >= 0.3 is 0 Å². The van der Waals surface area contributed by atoms with E-state index in [1.807, 2.05) is 31.2 Å². The molecule has 20 heavy (non-hydrogen) atoms. The summed E-state index contributed by atoms with van der Waals surface area (Å²) in [4.78, 5) is 11.9. The minimum absolute atomic E-state index is 0.217. The molecule has 0 radical (unpaired) electrons. The van der Waals surface area contributed by atoms with Crippen LogP contribution in [0.25, 0.3) is 0 Å². The predicted octanol–water partition coefficient (Wildman–Crippen LogP) is 2.82. The molecule has 1 atom stereocenters. The van der Waals surface area contributed by atoms with E-state index in [0.717, 1.165) is 35.9 Å². The Hall–Kier alpha value is -0.710. The summed E-state index contributed by atoms with van der Waals surface area (Å²) in [6.45, 7) is 2.78. The zero-order chi connectivity index (χ0) is 14.6. The number of rotatable bonds is 8. The summed E-state index contributed by atoms with van der Waals surface area (Å²) >= 11 is 7.62. The van der Waals surface area contributed by atoms with E-state index in [1.54, 1.807) is 11.8 Å². The van der Waals surface area contributed by atoms with E-state index in [9.17, 15) is 4.79 Å². The second-order valence-corrected chi connectivity index (χ2v) is 6.68. The first-order chi connectivity index (χ1) is 9.58. The van der Waals surface area contributed by atoms with Crippen molar-refractivity contribution in [3.05, 3.63) is 34.9 Å². The molecule has 1 amide bonds. The number of carbonyl (C=O) groups is 1. The van der Waals surface area contributed by atoms with Crippen LogP contribution in [-0.2, 0) is 10.5 Å². The fourth-order valence-electron chi connectivity index (χ4n) is 2.47. The Kier molecular flexibility index (Phi) is 5.35. The lowest BCUT2D eigenvalue weighted by molar-refractivity contribution is -0.124. The topological polar surface area (TPSA) is 55.1 Å². The van der Waals surface area contributed by atoms with Gasteiger partial charge in [-0.3, -0.25) is 4.79 Å². The van der Waals surface area contributed by atoms with Crippen molar-refractivity contribution in [2.45, 2.75) is 31.1 Å². The van der Waals surface area contributed by atoms with Crippen LogP contribution in [0.1, 0.15) is 25.3 Å². The van der Waals surface area contributed by atoms with E-state index in [0.29, 0.717) is 5.92 Å². The lowest BCUT2D eigenvalue weighted by Gasteiger charge is -2.31. The molecule has 3 nitrogen and oxygen atoms in total. The Morgan fingerprint density at radius 1 is 1.45 bits per heavy atom. The number of benzene rings is 1. The Morgan fingerprint density at radius 3 is 2.60 bits per heavy atom. The number of amides is 1. The van der Waals surface area contributed by atoms with Crippen LogP contribution in [0.5, 0.6) is 0 Å². The van der Waals surface area contributed by atoms with Gasteiger partial charge in [0.05, 0.1) is 0 Å². The van der Waals surface area contributed by atoms with Crippen LogP contribution in [0.4, 0.5) is 0 Å². The normalized spacial score (nSPS) is 17.7. The van der Waals surface area contributed by atoms with Crippen LogP contribution in [-0.4, -0.2) is 23.7 Å². The maximum Gasteiger partial charge on any atom is 0.238 e. The number of likely N-dealkylation sites (N-methyl/N-ethyl adjacent to an activating group) is 1. The Morgan fingerprint density at radius 2 is 2.10 bits per heavy atom. The molecular weight excluding hydrogens is 292 g/mol. The van der Waals surface area contributed by atoms with Gasteiger partial charge in [0.2, 0.25) is 5.91 Å². The van der Waals surface area contributed by atoms with Crippen molar-refractivity contribution in [1.29, 1.82) is 0 Å². The lowest BCUT2D eigenvalue weighted by atomic mass is 9.94. The zero-order valence-electron chi connectivity index (χ0n) is 11.7. The van der Waals surface area contributed by atoms with Crippen LogP contribution in [0, 0.1) is 5.92 Å². The minimum atomic E-state index is -0.536. The van der Waals surface area contributed by atoms with E-state index in [1.165, 1.54) is 5.56 Å². The monoisotopic (exact) mass is 312 g/mol. The van der Waals surface area contributed by atoms with Crippen LogP contribution in [0.3, 0.4) is 0 Å². The number of hydrogen-bond acceptors (Lipinski definition) is 3. The highest BCUT2D eigenvalue weighted by molar-refractivity contribution is 7.98. The van der Waals surface area contributed by atoms with Gasteiger partial charge in [0, 0.05) is 16.5 Å². The highest BCUT2D eigenvalue weighted by Crippen LogP contribution is 2.41. The Balaban J connectivity index is 1.95. The zero-order valence-corrected chi connectivity index (χ0v) is 13.3. The third-order valence-corrected chi connectivity index (χ3v) is 5.17. The lowest BCUT2D eigenvalue weighted by Crippen LogP contribution is -2.59. The summed E-state index contributed by atoms with van der Waals surface area (Å²) in [6, 6.07) is 7.82. The molecular formula is C15H21ClN2OS. The smallest absolute Gasteiger partial charge is 0.238 e. The minimum Gasteiger partial charge on any atom is -0.368 e. The van der Waals surface area contributed by atoms with Gasteiger partial charge in [0.1, 0.15) is 5.54 Å². The molecule has 0 bridgehead atoms.